The maximum Gasteiger partial charge on any atom is 0.225 e. The fourth-order valence-electron chi connectivity index (χ4n) is 2.59. The number of aryl methyl sites for hydroxylation is 3. The first-order chi connectivity index (χ1) is 10.1. The Morgan fingerprint density at radius 1 is 1.43 bits per heavy atom. The Labute approximate surface area is 127 Å². The molecule has 0 bridgehead atoms. The molecule has 21 heavy (non-hydrogen) atoms. The first-order valence-electron chi connectivity index (χ1n) is 6.90. The van der Waals surface area contributed by atoms with Crippen LogP contribution in [0.3, 0.4) is 0 Å². The molecule has 7 heteroatoms. The van der Waals surface area contributed by atoms with Crippen LogP contribution in [0, 0.1) is 13.8 Å². The number of hydrogen-bond donors (Lipinski definition) is 1. The topological polar surface area (TPSA) is 73.0 Å². The lowest BCUT2D eigenvalue weighted by Gasteiger charge is -2.07. The van der Waals surface area contributed by atoms with Gasteiger partial charge in [-0.15, -0.1) is 0 Å². The Bertz CT molecular complexity index is 670. The van der Waals surface area contributed by atoms with Crippen molar-refractivity contribution in [3.8, 4) is 0 Å². The molecule has 0 aromatic carbocycles. The molecule has 0 aliphatic carbocycles. The Balaban J connectivity index is 1.65. The molecule has 0 fully saturated rings. The molecular weight excluding hydrogens is 288 g/mol. The van der Waals surface area contributed by atoms with E-state index in [1.165, 1.54) is 0 Å². The van der Waals surface area contributed by atoms with E-state index >= 15 is 0 Å². The van der Waals surface area contributed by atoms with Gasteiger partial charge in [-0.3, -0.25) is 9.48 Å². The minimum absolute atomic E-state index is 0.00213. The lowest BCUT2D eigenvalue weighted by atomic mass is 10.1. The smallest absolute Gasteiger partial charge is 0.225 e. The quantitative estimate of drug-likeness (QED) is 0.938. The summed E-state index contributed by atoms with van der Waals surface area (Å²) in [5.74, 6) is 3.47. The number of carbonyl (C=O) groups is 1. The van der Waals surface area contributed by atoms with Crippen molar-refractivity contribution < 1.29 is 9.32 Å². The van der Waals surface area contributed by atoms with Gasteiger partial charge in [-0.2, -0.15) is 16.9 Å². The van der Waals surface area contributed by atoms with Crippen LogP contribution in [0.25, 0.3) is 0 Å². The van der Waals surface area contributed by atoms with E-state index in [0.29, 0.717) is 12.8 Å². The zero-order valence-corrected chi connectivity index (χ0v) is 13.2. The van der Waals surface area contributed by atoms with Gasteiger partial charge in [-0.05, 0) is 20.3 Å². The summed E-state index contributed by atoms with van der Waals surface area (Å²) in [5.41, 5.74) is 4.13. The lowest BCUT2D eigenvalue weighted by Crippen LogP contribution is -2.16. The van der Waals surface area contributed by atoms with E-state index in [0.717, 1.165) is 45.6 Å². The molecule has 1 N–H and O–H groups in total. The van der Waals surface area contributed by atoms with E-state index < -0.39 is 0 Å². The normalized spacial score (nSPS) is 13.5. The number of hydrogen-bond acceptors (Lipinski definition) is 5. The highest BCUT2D eigenvalue weighted by atomic mass is 32.2. The number of aromatic nitrogens is 3. The summed E-state index contributed by atoms with van der Waals surface area (Å²) >= 11 is 1.83. The largest absolute Gasteiger partial charge is 0.361 e. The zero-order valence-electron chi connectivity index (χ0n) is 12.4. The highest BCUT2D eigenvalue weighted by molar-refractivity contribution is 7.98. The predicted octanol–water partition coefficient (Wildman–Crippen LogP) is 2.34. The molecular formula is C14H18N4O2S. The van der Waals surface area contributed by atoms with Crippen LogP contribution < -0.4 is 5.32 Å². The number of rotatable bonds is 4. The average Bonchev–Trinajstić information content (AvgIpc) is 3.08. The summed E-state index contributed by atoms with van der Waals surface area (Å²) in [4.78, 5) is 12.2. The summed E-state index contributed by atoms with van der Waals surface area (Å²) < 4.78 is 6.88. The van der Waals surface area contributed by atoms with Crippen LogP contribution in [-0.4, -0.2) is 20.8 Å². The summed E-state index contributed by atoms with van der Waals surface area (Å²) in [6, 6.07) is 0. The summed E-state index contributed by atoms with van der Waals surface area (Å²) in [6.07, 6.45) is 1.05. The van der Waals surface area contributed by atoms with Crippen molar-refractivity contribution in [2.75, 3.05) is 5.32 Å². The second-order valence-electron chi connectivity index (χ2n) is 5.24. The molecule has 2 aromatic rings. The maximum absolute atomic E-state index is 12.2. The van der Waals surface area contributed by atoms with Crippen LogP contribution in [0.5, 0.6) is 0 Å². The van der Waals surface area contributed by atoms with Gasteiger partial charge >= 0.3 is 0 Å². The minimum atomic E-state index is -0.00213. The van der Waals surface area contributed by atoms with Crippen LogP contribution in [0.15, 0.2) is 4.52 Å². The van der Waals surface area contributed by atoms with Crippen molar-refractivity contribution >= 4 is 23.5 Å². The number of nitrogens with zero attached hydrogens (tertiary/aromatic N) is 3. The van der Waals surface area contributed by atoms with E-state index in [1.54, 1.807) is 4.68 Å². The van der Waals surface area contributed by atoms with E-state index in [4.69, 9.17) is 4.52 Å². The minimum Gasteiger partial charge on any atom is -0.361 e. The first kappa shape index (κ1) is 14.2. The number of thioether (sulfide) groups is 1. The SMILES string of the molecule is Cc1noc(C)c1CCC(=O)Nc1c2c(nn1C)CSC2. The van der Waals surface area contributed by atoms with Crippen LogP contribution in [0.1, 0.15) is 34.7 Å². The second kappa shape index (κ2) is 5.55. The molecule has 0 unspecified atom stereocenters. The standard InChI is InChI=1S/C14H18N4O2S/c1-8-10(9(2)20-17-8)4-5-13(19)15-14-11-6-21-7-12(11)16-18(14)3/h4-7H2,1-3H3,(H,15,19). The number of nitrogens with one attached hydrogen (secondary N) is 1. The molecule has 2 aromatic heterocycles. The lowest BCUT2D eigenvalue weighted by molar-refractivity contribution is -0.116. The third kappa shape index (κ3) is 2.70. The van der Waals surface area contributed by atoms with Crippen LogP contribution in [0.4, 0.5) is 5.82 Å². The Morgan fingerprint density at radius 2 is 2.24 bits per heavy atom. The molecule has 0 spiro atoms. The van der Waals surface area contributed by atoms with Gasteiger partial charge in [0.15, 0.2) is 0 Å². The Kier molecular flexibility index (Phi) is 3.75. The van der Waals surface area contributed by atoms with Gasteiger partial charge in [0.05, 0.1) is 11.4 Å². The second-order valence-corrected chi connectivity index (χ2v) is 6.23. The molecule has 1 aliphatic rings. The zero-order chi connectivity index (χ0) is 15.0. The van der Waals surface area contributed by atoms with Crippen molar-refractivity contribution in [3.05, 3.63) is 28.3 Å². The third-order valence-electron chi connectivity index (χ3n) is 3.75. The molecule has 0 saturated heterocycles. The van der Waals surface area contributed by atoms with Gasteiger partial charge < -0.3 is 9.84 Å². The molecule has 6 nitrogen and oxygen atoms in total. The highest BCUT2D eigenvalue weighted by Crippen LogP contribution is 2.34. The van der Waals surface area contributed by atoms with Gasteiger partial charge in [0.2, 0.25) is 5.91 Å². The number of anilines is 1. The number of carbonyl (C=O) groups excluding carboxylic acids is 1. The number of amides is 1. The molecule has 0 saturated carbocycles. The molecule has 3 heterocycles. The van der Waals surface area contributed by atoms with Gasteiger partial charge in [0, 0.05) is 36.1 Å². The van der Waals surface area contributed by atoms with Crippen LogP contribution in [-0.2, 0) is 29.8 Å². The average molecular weight is 306 g/mol. The van der Waals surface area contributed by atoms with E-state index in [1.807, 2.05) is 32.7 Å². The van der Waals surface area contributed by atoms with Crippen LogP contribution >= 0.6 is 11.8 Å². The van der Waals surface area contributed by atoms with E-state index in [2.05, 4.69) is 15.6 Å². The molecule has 1 aliphatic heterocycles. The van der Waals surface area contributed by atoms with Gasteiger partial charge in [0.1, 0.15) is 11.6 Å². The maximum atomic E-state index is 12.2. The fourth-order valence-corrected chi connectivity index (χ4v) is 3.62. The first-order valence-corrected chi connectivity index (χ1v) is 8.06. The molecule has 3 rings (SSSR count). The summed E-state index contributed by atoms with van der Waals surface area (Å²) in [7, 11) is 1.87. The monoisotopic (exact) mass is 306 g/mol. The van der Waals surface area contributed by atoms with Crippen molar-refractivity contribution in [1.82, 2.24) is 14.9 Å². The predicted molar refractivity (Wildman–Crippen MR) is 81.1 cm³/mol. The Hall–Kier alpha value is -1.76. The summed E-state index contributed by atoms with van der Waals surface area (Å²) in [6.45, 7) is 3.77. The van der Waals surface area contributed by atoms with Gasteiger partial charge in [-0.25, -0.2) is 0 Å². The van der Waals surface area contributed by atoms with Crippen LogP contribution in [0.2, 0.25) is 0 Å². The van der Waals surface area contributed by atoms with Crippen molar-refractivity contribution in [2.45, 2.75) is 38.2 Å². The summed E-state index contributed by atoms with van der Waals surface area (Å²) in [5, 5.41) is 11.3. The molecule has 0 atom stereocenters. The Morgan fingerprint density at radius 3 is 2.95 bits per heavy atom. The molecule has 0 radical (unpaired) electrons. The number of fused-ring (bicyclic) bond motifs is 1. The third-order valence-corrected chi connectivity index (χ3v) is 4.73. The van der Waals surface area contributed by atoms with Gasteiger partial charge in [0.25, 0.3) is 0 Å². The highest BCUT2D eigenvalue weighted by Gasteiger charge is 2.22. The van der Waals surface area contributed by atoms with Crippen molar-refractivity contribution in [3.63, 3.8) is 0 Å². The van der Waals surface area contributed by atoms with E-state index in [9.17, 15) is 4.79 Å². The molecule has 112 valence electrons. The fraction of sp³-hybridized carbons (Fsp3) is 0.500. The molecule has 1 amide bonds. The van der Waals surface area contributed by atoms with Gasteiger partial charge in [-0.1, -0.05) is 5.16 Å². The van der Waals surface area contributed by atoms with Crippen molar-refractivity contribution in [2.24, 2.45) is 7.05 Å². The van der Waals surface area contributed by atoms with E-state index in [-0.39, 0.29) is 5.91 Å². The van der Waals surface area contributed by atoms with Crippen molar-refractivity contribution in [1.29, 1.82) is 0 Å².